The Morgan fingerprint density at radius 2 is 0.860 bits per heavy atom. The Bertz CT molecular complexity index is 1940. The maximum atomic E-state index is 11.3. The predicted molar refractivity (Wildman–Crippen MR) is 172 cm³/mol. The minimum Gasteiger partial charge on any atom is -0.478 e. The molecule has 0 radical (unpaired) electrons. The molecule has 0 unspecified atom stereocenters. The molecule has 0 saturated carbocycles. The Morgan fingerprint density at radius 3 is 1.30 bits per heavy atom. The van der Waals surface area contributed by atoms with Crippen molar-refractivity contribution in [1.29, 1.82) is 0 Å². The van der Waals surface area contributed by atoms with Gasteiger partial charge in [-0.1, -0.05) is 97.1 Å². The van der Waals surface area contributed by atoms with E-state index in [1.807, 2.05) is 24.3 Å². The number of fused-ring (bicyclic) bond motifs is 2. The number of aromatic carboxylic acids is 2. The molecule has 0 bridgehead atoms. The standard InChI is InChI=1S/C39H28O4/c40-38(41)36-15-13-32-20-30(9-11-34(32)22-36)26-5-1-3-24(17-26)28-7-8-29(19-28)25-4-2-6-27(18-25)31-10-12-35-23-37(39(42)43)16-14-33(35)21-31/h1-18,20-23,28-29H,19H2,(H,40,41)(H,42,43)/t28-,29+. The number of carboxylic acids is 2. The van der Waals surface area contributed by atoms with Crippen LogP contribution in [0.5, 0.6) is 0 Å². The van der Waals surface area contributed by atoms with Crippen molar-refractivity contribution in [2.24, 2.45) is 0 Å². The fourth-order valence-electron chi connectivity index (χ4n) is 6.21. The van der Waals surface area contributed by atoms with E-state index >= 15 is 0 Å². The summed E-state index contributed by atoms with van der Waals surface area (Å²) >= 11 is 0. The summed E-state index contributed by atoms with van der Waals surface area (Å²) in [6, 6.07) is 40.2. The van der Waals surface area contributed by atoms with Crippen LogP contribution in [0.4, 0.5) is 0 Å². The molecule has 0 amide bonds. The fraction of sp³-hybridized carbons (Fsp3) is 0.0769. The van der Waals surface area contributed by atoms with Gasteiger partial charge >= 0.3 is 11.9 Å². The van der Waals surface area contributed by atoms with E-state index in [0.29, 0.717) is 23.0 Å². The summed E-state index contributed by atoms with van der Waals surface area (Å²) in [4.78, 5) is 22.7. The van der Waals surface area contributed by atoms with Gasteiger partial charge in [0.25, 0.3) is 0 Å². The summed E-state index contributed by atoms with van der Waals surface area (Å²) in [6.07, 6.45) is 5.64. The Kier molecular flexibility index (Phi) is 6.59. The zero-order chi connectivity index (χ0) is 29.5. The molecule has 0 aromatic heterocycles. The van der Waals surface area contributed by atoms with Crippen LogP contribution >= 0.6 is 0 Å². The van der Waals surface area contributed by atoms with E-state index in [1.54, 1.807) is 24.3 Å². The van der Waals surface area contributed by atoms with Gasteiger partial charge in [0.05, 0.1) is 11.1 Å². The third-order valence-corrected chi connectivity index (χ3v) is 8.55. The number of rotatable bonds is 6. The molecule has 7 rings (SSSR count). The second kappa shape index (κ2) is 10.7. The number of carboxylic acid groups (broad SMARTS) is 2. The molecule has 0 heterocycles. The molecule has 0 aliphatic heterocycles. The lowest BCUT2D eigenvalue weighted by molar-refractivity contribution is 0.0686. The van der Waals surface area contributed by atoms with Crippen LogP contribution in [0.15, 0.2) is 133 Å². The molecule has 1 aliphatic rings. The maximum Gasteiger partial charge on any atom is 0.335 e. The van der Waals surface area contributed by atoms with E-state index < -0.39 is 11.9 Å². The van der Waals surface area contributed by atoms with Gasteiger partial charge in [0.2, 0.25) is 0 Å². The van der Waals surface area contributed by atoms with E-state index in [-0.39, 0.29) is 0 Å². The van der Waals surface area contributed by atoms with Crippen LogP contribution < -0.4 is 0 Å². The van der Waals surface area contributed by atoms with E-state index in [4.69, 9.17) is 0 Å². The summed E-state index contributed by atoms with van der Waals surface area (Å²) in [7, 11) is 0. The molecule has 1 aliphatic carbocycles. The normalized spacial score (nSPS) is 16.1. The molecule has 0 fully saturated rings. The number of benzene rings is 6. The van der Waals surface area contributed by atoms with Gasteiger partial charge in [0, 0.05) is 11.8 Å². The average Bonchev–Trinajstić information content (AvgIpc) is 3.54. The fourth-order valence-corrected chi connectivity index (χ4v) is 6.21. The van der Waals surface area contributed by atoms with Gasteiger partial charge in [-0.15, -0.1) is 0 Å². The lowest BCUT2D eigenvalue weighted by Gasteiger charge is -2.15. The highest BCUT2D eigenvalue weighted by atomic mass is 16.4. The highest BCUT2D eigenvalue weighted by molar-refractivity contribution is 5.96. The molecule has 2 atom stereocenters. The molecule has 208 valence electrons. The summed E-state index contributed by atoms with van der Waals surface area (Å²) in [6.45, 7) is 0. The van der Waals surface area contributed by atoms with Crippen molar-refractivity contribution in [3.05, 3.63) is 156 Å². The van der Waals surface area contributed by atoms with Crippen LogP contribution in [0.2, 0.25) is 0 Å². The van der Waals surface area contributed by atoms with Gasteiger partial charge in [0.1, 0.15) is 0 Å². The van der Waals surface area contributed by atoms with E-state index in [2.05, 4.69) is 84.9 Å². The quantitative estimate of drug-likeness (QED) is 0.199. The average molecular weight is 561 g/mol. The van der Waals surface area contributed by atoms with Gasteiger partial charge in [-0.3, -0.25) is 0 Å². The Labute approximate surface area is 249 Å². The minimum absolute atomic E-state index is 0.295. The minimum atomic E-state index is -0.917. The van der Waals surface area contributed by atoms with Crippen molar-refractivity contribution in [3.63, 3.8) is 0 Å². The Morgan fingerprint density at radius 1 is 0.465 bits per heavy atom. The van der Waals surface area contributed by atoms with Crippen LogP contribution in [0, 0.1) is 0 Å². The van der Waals surface area contributed by atoms with E-state index in [9.17, 15) is 19.8 Å². The zero-order valence-electron chi connectivity index (χ0n) is 23.3. The first-order valence-corrected chi connectivity index (χ1v) is 14.3. The monoisotopic (exact) mass is 560 g/mol. The van der Waals surface area contributed by atoms with Gasteiger partial charge in [-0.25, -0.2) is 9.59 Å². The predicted octanol–water partition coefficient (Wildman–Crippen LogP) is 9.55. The zero-order valence-corrected chi connectivity index (χ0v) is 23.3. The maximum absolute atomic E-state index is 11.3. The third kappa shape index (κ3) is 5.20. The number of carbonyl (C=O) groups is 2. The van der Waals surface area contributed by atoms with Crippen LogP contribution in [0.3, 0.4) is 0 Å². The molecule has 2 N–H and O–H groups in total. The Hall–Kier alpha value is -5.48. The first-order valence-electron chi connectivity index (χ1n) is 14.3. The van der Waals surface area contributed by atoms with Crippen LogP contribution in [0.1, 0.15) is 50.1 Å². The summed E-state index contributed by atoms with van der Waals surface area (Å²) in [5, 5.41) is 22.5. The summed E-state index contributed by atoms with van der Waals surface area (Å²) in [5.74, 6) is -1.20. The first kappa shape index (κ1) is 26.4. The van der Waals surface area contributed by atoms with E-state index in [0.717, 1.165) is 50.2 Å². The number of hydrogen-bond donors (Lipinski definition) is 2. The SMILES string of the molecule is O=C(O)c1ccc2cc(-c3cccc([C@@H]4C=C[C@H](c5cccc(-c6ccc7cc(C(=O)O)ccc7c6)c5)C4)c3)ccc2c1. The molecule has 4 heteroatoms. The molecule has 0 spiro atoms. The molecule has 0 saturated heterocycles. The van der Waals surface area contributed by atoms with Crippen molar-refractivity contribution < 1.29 is 19.8 Å². The van der Waals surface area contributed by atoms with Crippen molar-refractivity contribution in [2.75, 3.05) is 0 Å². The van der Waals surface area contributed by atoms with Crippen molar-refractivity contribution in [2.45, 2.75) is 18.3 Å². The summed E-state index contributed by atoms with van der Waals surface area (Å²) < 4.78 is 0. The van der Waals surface area contributed by atoms with Crippen LogP contribution in [0.25, 0.3) is 43.8 Å². The lowest BCUT2D eigenvalue weighted by atomic mass is 9.89. The molecular weight excluding hydrogens is 532 g/mol. The number of hydrogen-bond acceptors (Lipinski definition) is 2. The highest BCUT2D eigenvalue weighted by Crippen LogP contribution is 2.40. The van der Waals surface area contributed by atoms with E-state index in [1.165, 1.54) is 11.1 Å². The van der Waals surface area contributed by atoms with Gasteiger partial charge in [-0.2, -0.15) is 0 Å². The van der Waals surface area contributed by atoms with Crippen molar-refractivity contribution >= 4 is 33.5 Å². The summed E-state index contributed by atoms with van der Waals surface area (Å²) in [5.41, 5.74) is 7.66. The molecule has 6 aromatic rings. The smallest absolute Gasteiger partial charge is 0.335 e. The van der Waals surface area contributed by atoms with Gasteiger partial charge in [0.15, 0.2) is 0 Å². The second-order valence-electron chi connectivity index (χ2n) is 11.2. The van der Waals surface area contributed by atoms with Gasteiger partial charge < -0.3 is 10.2 Å². The first-order chi connectivity index (χ1) is 20.9. The largest absolute Gasteiger partial charge is 0.478 e. The highest BCUT2D eigenvalue weighted by Gasteiger charge is 2.22. The molecule has 4 nitrogen and oxygen atoms in total. The second-order valence-corrected chi connectivity index (χ2v) is 11.2. The third-order valence-electron chi connectivity index (χ3n) is 8.55. The van der Waals surface area contributed by atoms with Crippen LogP contribution in [-0.4, -0.2) is 22.2 Å². The number of allylic oxidation sites excluding steroid dienone is 2. The van der Waals surface area contributed by atoms with Crippen molar-refractivity contribution in [3.8, 4) is 22.3 Å². The lowest BCUT2D eigenvalue weighted by Crippen LogP contribution is -1.98. The Balaban J connectivity index is 1.11. The van der Waals surface area contributed by atoms with Crippen LogP contribution in [-0.2, 0) is 0 Å². The molecule has 6 aromatic carbocycles. The van der Waals surface area contributed by atoms with Crippen molar-refractivity contribution in [1.82, 2.24) is 0 Å². The molecular formula is C39H28O4. The topological polar surface area (TPSA) is 74.6 Å². The molecule has 43 heavy (non-hydrogen) atoms. The van der Waals surface area contributed by atoms with Gasteiger partial charge in [-0.05, 0) is 97.7 Å².